The van der Waals surface area contributed by atoms with E-state index in [2.05, 4.69) is 38.0 Å². The third-order valence-electron chi connectivity index (χ3n) is 9.15. The summed E-state index contributed by atoms with van der Waals surface area (Å²) in [6.45, 7) is 27.4. The summed E-state index contributed by atoms with van der Waals surface area (Å²) in [5, 5.41) is 6.11. The number of carbonyl (C=O) groups excluding carboxylic acids is 6. The topological polar surface area (TPSA) is 176 Å². The number of unbranched alkanes of at least 4 members (excludes halogenated alkanes) is 1. The van der Waals surface area contributed by atoms with Gasteiger partial charge in [0, 0.05) is 53.8 Å². The van der Waals surface area contributed by atoms with Crippen LogP contribution in [0.15, 0.2) is 12.2 Å². The largest absolute Gasteiger partial charge is 0.465 e. The highest BCUT2D eigenvalue weighted by Crippen LogP contribution is 2.46. The number of ether oxygens (including phenoxy) is 5. The van der Waals surface area contributed by atoms with E-state index in [1.165, 1.54) is 0 Å². The molecule has 316 valence electrons. The lowest BCUT2D eigenvalue weighted by Crippen LogP contribution is -2.57. The molecule has 3 amide bonds. The molecule has 0 saturated heterocycles. The van der Waals surface area contributed by atoms with E-state index in [0.717, 1.165) is 12.8 Å². The van der Waals surface area contributed by atoms with Gasteiger partial charge >= 0.3 is 36.0 Å². The minimum absolute atomic E-state index is 0.0250. The van der Waals surface area contributed by atoms with Gasteiger partial charge in [0.25, 0.3) is 0 Å². The van der Waals surface area contributed by atoms with Gasteiger partial charge in [-0.15, -0.1) is 0 Å². The quantitative estimate of drug-likeness (QED) is 0.0538. The molecule has 0 bridgehead atoms. The molecule has 55 heavy (non-hydrogen) atoms. The van der Waals surface area contributed by atoms with Crippen LogP contribution in [0.2, 0.25) is 0 Å². The van der Waals surface area contributed by atoms with Gasteiger partial charge in [-0.3, -0.25) is 14.4 Å². The molecule has 0 aromatic heterocycles. The van der Waals surface area contributed by atoms with Crippen molar-refractivity contribution in [3.05, 3.63) is 12.2 Å². The van der Waals surface area contributed by atoms with Gasteiger partial charge in [-0.2, -0.15) is 0 Å². The van der Waals surface area contributed by atoms with Crippen molar-refractivity contribution in [1.29, 1.82) is 0 Å². The first-order valence-corrected chi connectivity index (χ1v) is 19.5. The highest BCUT2D eigenvalue weighted by atomic mass is 16.6. The first-order valence-electron chi connectivity index (χ1n) is 19.5. The van der Waals surface area contributed by atoms with Crippen molar-refractivity contribution >= 4 is 36.0 Å². The number of amides is 3. The third-order valence-corrected chi connectivity index (χ3v) is 9.15. The molecule has 0 radical (unpaired) electrons. The molecule has 1 aliphatic rings. The summed E-state index contributed by atoms with van der Waals surface area (Å²) in [5.41, 5.74) is -1.80. The lowest BCUT2D eigenvalue weighted by atomic mass is 9.62. The number of nitrogens with one attached hydrogen (secondary N) is 2. The summed E-state index contributed by atoms with van der Waals surface area (Å²) >= 11 is 0. The Bertz CT molecular complexity index is 1330. The van der Waals surface area contributed by atoms with Gasteiger partial charge in [0.2, 0.25) is 0 Å². The second kappa shape index (κ2) is 21.5. The zero-order chi connectivity index (χ0) is 42.3. The molecule has 2 N–H and O–H groups in total. The van der Waals surface area contributed by atoms with Crippen LogP contribution in [-0.2, 0) is 42.9 Å². The van der Waals surface area contributed by atoms with Gasteiger partial charge in [-0.1, -0.05) is 62.0 Å². The third kappa shape index (κ3) is 20.6. The molecule has 1 rings (SSSR count). The average molecular weight is 782 g/mol. The predicted octanol–water partition coefficient (Wildman–Crippen LogP) is 6.88. The van der Waals surface area contributed by atoms with E-state index in [-0.39, 0.29) is 93.7 Å². The van der Waals surface area contributed by atoms with Crippen LogP contribution in [0.25, 0.3) is 0 Å². The van der Waals surface area contributed by atoms with E-state index in [9.17, 15) is 28.8 Å². The number of nitrogens with zero attached hydrogens (tertiary/aromatic N) is 1. The molecule has 0 aromatic carbocycles. The Morgan fingerprint density at radius 1 is 0.745 bits per heavy atom. The van der Waals surface area contributed by atoms with E-state index < -0.39 is 34.4 Å². The summed E-state index contributed by atoms with van der Waals surface area (Å²) in [5.74, 6) is -1.59. The molecule has 1 saturated carbocycles. The molecule has 0 aliphatic heterocycles. The van der Waals surface area contributed by atoms with Crippen molar-refractivity contribution in [2.45, 2.75) is 146 Å². The summed E-state index contributed by atoms with van der Waals surface area (Å²) in [7, 11) is 0. The van der Waals surface area contributed by atoms with Crippen LogP contribution in [0.4, 0.5) is 9.59 Å². The number of urea groups is 1. The molecule has 1 fully saturated rings. The number of hydrogen-bond donors (Lipinski definition) is 2. The number of alkyl carbamates (subject to hydrolysis) is 1. The zero-order valence-corrected chi connectivity index (χ0v) is 35.8. The molecule has 0 spiro atoms. The van der Waals surface area contributed by atoms with Gasteiger partial charge < -0.3 is 39.2 Å². The molecule has 14 heteroatoms. The Balaban J connectivity index is 2.51. The van der Waals surface area contributed by atoms with Gasteiger partial charge in [0.1, 0.15) is 13.2 Å². The molecule has 14 nitrogen and oxygen atoms in total. The van der Waals surface area contributed by atoms with Crippen LogP contribution >= 0.6 is 0 Å². The second-order valence-corrected chi connectivity index (χ2v) is 18.7. The molecule has 2 atom stereocenters. The lowest BCUT2D eigenvalue weighted by Gasteiger charge is -2.47. The molecular weight excluding hydrogens is 710 g/mol. The van der Waals surface area contributed by atoms with Gasteiger partial charge in [0.15, 0.2) is 0 Å². The number of carbonyl (C=O) groups is 6. The summed E-state index contributed by atoms with van der Waals surface area (Å²) < 4.78 is 26.7. The Hall–Kier alpha value is -3.84. The maximum absolute atomic E-state index is 13.5. The van der Waals surface area contributed by atoms with Crippen molar-refractivity contribution < 1.29 is 52.5 Å². The fourth-order valence-corrected chi connectivity index (χ4v) is 6.51. The van der Waals surface area contributed by atoms with Crippen LogP contribution in [0.1, 0.15) is 134 Å². The maximum Gasteiger partial charge on any atom is 0.407 e. The van der Waals surface area contributed by atoms with Crippen LogP contribution in [-0.4, -0.2) is 98.6 Å². The van der Waals surface area contributed by atoms with E-state index >= 15 is 0 Å². The lowest BCUT2D eigenvalue weighted by molar-refractivity contribution is -0.153. The van der Waals surface area contributed by atoms with E-state index in [0.29, 0.717) is 31.4 Å². The van der Waals surface area contributed by atoms with Gasteiger partial charge in [0.05, 0.1) is 26.4 Å². The fourth-order valence-electron chi connectivity index (χ4n) is 6.51. The SMILES string of the molecule is C=C(C)C(=O)OCCN(C(=O)NC1CC(C)(C)CC(C)(CNC(=O)OCC(C)(C)COC(=O)CCCCC(=O)OCC(C)(C)COC(=O)CC)C1)C(C)(C)C. The molecule has 1 aliphatic carbocycles. The van der Waals surface area contributed by atoms with E-state index in [4.69, 9.17) is 23.7 Å². The van der Waals surface area contributed by atoms with Gasteiger partial charge in [-0.05, 0) is 70.6 Å². The maximum atomic E-state index is 13.5. The van der Waals surface area contributed by atoms with Gasteiger partial charge in [-0.25, -0.2) is 14.4 Å². The average Bonchev–Trinajstić information content (AvgIpc) is 3.05. The standard InChI is InChI=1S/C41H71N3O11/c1-14-31(45)52-25-39(9,10)26-53-32(46)17-15-16-18-33(47)54-27-40(11,12)28-55-36(50)42-24-41(13)22-30(21-38(7,8)23-41)43-35(49)44(37(4,5)6)19-20-51-34(48)29(2)3/h30H,2,14-28H2,1,3-13H3,(H,42,50)(H,43,49). The molecular formula is C41H71N3O11. The van der Waals surface area contributed by atoms with Crippen molar-refractivity contribution in [2.75, 3.05) is 46.1 Å². The Morgan fingerprint density at radius 2 is 1.24 bits per heavy atom. The summed E-state index contributed by atoms with van der Waals surface area (Å²) in [4.78, 5) is 75.7. The fraction of sp³-hybridized carbons (Fsp3) is 0.805. The van der Waals surface area contributed by atoms with Crippen LogP contribution in [0.3, 0.4) is 0 Å². The summed E-state index contributed by atoms with van der Waals surface area (Å²) in [6.07, 6.45) is 3.14. The van der Waals surface area contributed by atoms with Crippen LogP contribution in [0.5, 0.6) is 0 Å². The Labute approximate surface area is 329 Å². The van der Waals surface area contributed by atoms with E-state index in [1.807, 2.05) is 48.5 Å². The van der Waals surface area contributed by atoms with Crippen LogP contribution in [0, 0.1) is 21.7 Å². The van der Waals surface area contributed by atoms with E-state index in [1.54, 1.807) is 18.7 Å². The second-order valence-electron chi connectivity index (χ2n) is 18.7. The predicted molar refractivity (Wildman–Crippen MR) is 209 cm³/mol. The molecule has 2 unspecified atom stereocenters. The first kappa shape index (κ1) is 49.2. The highest BCUT2D eigenvalue weighted by molar-refractivity contribution is 5.87. The Morgan fingerprint density at radius 3 is 1.71 bits per heavy atom. The van der Waals surface area contributed by atoms with Crippen LogP contribution < -0.4 is 10.6 Å². The highest BCUT2D eigenvalue weighted by Gasteiger charge is 2.43. The monoisotopic (exact) mass is 782 g/mol. The minimum Gasteiger partial charge on any atom is -0.465 e. The first-order chi connectivity index (χ1) is 25.2. The smallest absolute Gasteiger partial charge is 0.407 e. The number of rotatable bonds is 21. The van der Waals surface area contributed by atoms with Crippen molar-refractivity contribution in [3.8, 4) is 0 Å². The van der Waals surface area contributed by atoms with Crippen molar-refractivity contribution in [1.82, 2.24) is 15.5 Å². The molecule has 0 heterocycles. The van der Waals surface area contributed by atoms with Crippen molar-refractivity contribution in [2.24, 2.45) is 21.7 Å². The number of hydrogen-bond acceptors (Lipinski definition) is 11. The number of esters is 4. The zero-order valence-electron chi connectivity index (χ0n) is 35.8. The normalized spacial score (nSPS) is 18.3. The van der Waals surface area contributed by atoms with Crippen molar-refractivity contribution in [3.63, 3.8) is 0 Å². The molecule has 0 aromatic rings. The Kier molecular flexibility index (Phi) is 19.2. The minimum atomic E-state index is -0.636. The summed E-state index contributed by atoms with van der Waals surface area (Å²) in [6, 6.07) is -0.393.